The van der Waals surface area contributed by atoms with Gasteiger partial charge < -0.3 is 4.74 Å². The average Bonchev–Trinajstić information content (AvgIpc) is 2.72. The number of ether oxygens (including phenoxy) is 1. The van der Waals surface area contributed by atoms with Gasteiger partial charge in [-0.05, 0) is 17.7 Å². The molecule has 0 bridgehead atoms. The molecule has 1 N–H and O–H groups in total. The molecule has 1 heterocycles. The van der Waals surface area contributed by atoms with E-state index in [1.165, 1.54) is 5.01 Å². The van der Waals surface area contributed by atoms with Crippen LogP contribution in [0.25, 0.3) is 0 Å². The molecule has 0 aliphatic carbocycles. The molecule has 1 aromatic carbocycles. The molecule has 6 heteroatoms. The van der Waals surface area contributed by atoms with Crippen LogP contribution in [-0.2, 0) is 9.53 Å². The highest BCUT2D eigenvalue weighted by molar-refractivity contribution is 6.30. The predicted molar refractivity (Wildman–Crippen MR) is 65.8 cm³/mol. The van der Waals surface area contributed by atoms with Crippen molar-refractivity contribution < 1.29 is 14.3 Å². The Morgan fingerprint density at radius 1 is 1.50 bits per heavy atom. The van der Waals surface area contributed by atoms with Crippen molar-refractivity contribution in [3.8, 4) is 0 Å². The Morgan fingerprint density at radius 2 is 2.17 bits per heavy atom. The zero-order valence-corrected chi connectivity index (χ0v) is 10.6. The van der Waals surface area contributed by atoms with Gasteiger partial charge in [-0.2, -0.15) is 0 Å². The number of carbonyl (C=O) groups is 2. The van der Waals surface area contributed by atoms with E-state index in [2.05, 4.69) is 5.43 Å². The topological polar surface area (TPSA) is 58.6 Å². The Morgan fingerprint density at radius 3 is 2.78 bits per heavy atom. The molecule has 5 nitrogen and oxygen atoms in total. The van der Waals surface area contributed by atoms with Gasteiger partial charge in [0.15, 0.2) is 0 Å². The number of rotatable bonds is 3. The van der Waals surface area contributed by atoms with E-state index in [0.29, 0.717) is 11.4 Å². The van der Waals surface area contributed by atoms with Crippen LogP contribution in [0.15, 0.2) is 24.3 Å². The summed E-state index contributed by atoms with van der Waals surface area (Å²) in [5, 5.41) is 1.84. The van der Waals surface area contributed by atoms with Crippen molar-refractivity contribution in [2.45, 2.75) is 19.4 Å². The lowest BCUT2D eigenvalue weighted by Crippen LogP contribution is -2.43. The molecule has 1 aromatic rings. The van der Waals surface area contributed by atoms with E-state index < -0.39 is 6.09 Å². The third kappa shape index (κ3) is 2.56. The minimum atomic E-state index is -0.545. The zero-order chi connectivity index (χ0) is 13.1. The summed E-state index contributed by atoms with van der Waals surface area (Å²) >= 11 is 5.81. The Hall–Kier alpha value is -1.75. The number of nitrogens with one attached hydrogen (secondary N) is 1. The molecule has 18 heavy (non-hydrogen) atoms. The molecule has 1 aliphatic rings. The number of hydrazine groups is 1. The van der Waals surface area contributed by atoms with Crippen LogP contribution in [0, 0.1) is 0 Å². The highest BCUT2D eigenvalue weighted by Crippen LogP contribution is 2.26. The van der Waals surface area contributed by atoms with Crippen LogP contribution in [0.4, 0.5) is 4.79 Å². The van der Waals surface area contributed by atoms with Gasteiger partial charge in [0.2, 0.25) is 5.91 Å². The average molecular weight is 269 g/mol. The van der Waals surface area contributed by atoms with Gasteiger partial charge in [-0.25, -0.2) is 9.80 Å². The molecule has 1 unspecified atom stereocenters. The lowest BCUT2D eigenvalue weighted by Gasteiger charge is -2.21. The highest BCUT2D eigenvalue weighted by Gasteiger charge is 2.35. The van der Waals surface area contributed by atoms with Gasteiger partial charge in [-0.3, -0.25) is 10.2 Å². The van der Waals surface area contributed by atoms with E-state index in [9.17, 15) is 9.59 Å². The summed E-state index contributed by atoms with van der Waals surface area (Å²) < 4.78 is 4.95. The molecule has 96 valence electrons. The molecule has 0 aromatic heterocycles. The smallest absolute Gasteiger partial charge is 0.429 e. The largest absolute Gasteiger partial charge is 0.446 e. The predicted octanol–water partition coefficient (Wildman–Crippen LogP) is 2.27. The Balaban J connectivity index is 2.18. The van der Waals surface area contributed by atoms with E-state index in [1.54, 1.807) is 31.2 Å². The third-order valence-electron chi connectivity index (χ3n) is 2.69. The second-order valence-electron chi connectivity index (χ2n) is 3.90. The summed E-state index contributed by atoms with van der Waals surface area (Å²) in [6.45, 7) is 1.93. The molecule has 0 radical (unpaired) electrons. The maximum Gasteiger partial charge on any atom is 0.429 e. The summed E-state index contributed by atoms with van der Waals surface area (Å²) in [5.74, 6) is -0.229. The molecule has 2 amide bonds. The van der Waals surface area contributed by atoms with Crippen LogP contribution in [0.1, 0.15) is 24.9 Å². The third-order valence-corrected chi connectivity index (χ3v) is 2.95. The Kier molecular flexibility index (Phi) is 3.72. The van der Waals surface area contributed by atoms with Crippen molar-refractivity contribution in [3.63, 3.8) is 0 Å². The fraction of sp³-hybridized carbons (Fsp3) is 0.333. The summed E-state index contributed by atoms with van der Waals surface area (Å²) in [6, 6.07) is 6.77. The van der Waals surface area contributed by atoms with Crippen LogP contribution in [0.3, 0.4) is 0 Å². The lowest BCUT2D eigenvalue weighted by atomic mass is 10.1. The van der Waals surface area contributed by atoms with Gasteiger partial charge >= 0.3 is 6.09 Å². The number of cyclic esters (lactones) is 1. The van der Waals surface area contributed by atoms with Crippen molar-refractivity contribution >= 4 is 23.6 Å². The minimum absolute atomic E-state index is 0.213. The highest BCUT2D eigenvalue weighted by atomic mass is 35.5. The molecular formula is C12H13ClN2O3. The van der Waals surface area contributed by atoms with E-state index in [-0.39, 0.29) is 18.6 Å². The van der Waals surface area contributed by atoms with E-state index in [1.807, 2.05) is 0 Å². The van der Waals surface area contributed by atoms with E-state index in [0.717, 1.165) is 5.56 Å². The normalized spacial score (nSPS) is 18.7. The Labute approximate surface area is 110 Å². The molecule has 2 rings (SSSR count). The first-order chi connectivity index (χ1) is 8.61. The first-order valence-electron chi connectivity index (χ1n) is 5.62. The van der Waals surface area contributed by atoms with Crippen molar-refractivity contribution in [1.82, 2.24) is 10.4 Å². The first kappa shape index (κ1) is 12.7. The van der Waals surface area contributed by atoms with Crippen LogP contribution in [0.2, 0.25) is 5.02 Å². The summed E-state index contributed by atoms with van der Waals surface area (Å²) in [6.07, 6.45) is -0.242. The minimum Gasteiger partial charge on any atom is -0.446 e. The standard InChI is InChI=1S/C12H13ClN2O3/c1-2-11(16)14-15-10(7-18-12(15)17)8-3-5-9(13)6-4-8/h3-6,10H,2,7H2,1H3,(H,14,16). The Bertz CT molecular complexity index is 461. The zero-order valence-electron chi connectivity index (χ0n) is 9.85. The molecule has 0 spiro atoms. The van der Waals surface area contributed by atoms with Crippen LogP contribution >= 0.6 is 11.6 Å². The number of halogens is 1. The van der Waals surface area contributed by atoms with Crippen molar-refractivity contribution in [2.75, 3.05) is 6.61 Å². The van der Waals surface area contributed by atoms with Crippen LogP contribution in [-0.4, -0.2) is 23.6 Å². The van der Waals surface area contributed by atoms with Gasteiger partial charge in [0, 0.05) is 11.4 Å². The molecule has 1 aliphatic heterocycles. The lowest BCUT2D eigenvalue weighted by molar-refractivity contribution is -0.124. The SMILES string of the molecule is CCC(=O)NN1C(=O)OCC1c1ccc(Cl)cc1. The number of carbonyl (C=O) groups excluding carboxylic acids is 2. The fourth-order valence-electron chi connectivity index (χ4n) is 1.69. The van der Waals surface area contributed by atoms with Crippen molar-refractivity contribution in [3.05, 3.63) is 34.9 Å². The summed E-state index contributed by atoms with van der Waals surface area (Å²) in [5.41, 5.74) is 3.39. The monoisotopic (exact) mass is 268 g/mol. The second-order valence-corrected chi connectivity index (χ2v) is 4.34. The van der Waals surface area contributed by atoms with Crippen LogP contribution < -0.4 is 5.43 Å². The maximum absolute atomic E-state index is 11.5. The second kappa shape index (κ2) is 5.27. The number of hydrogen-bond donors (Lipinski definition) is 1. The van der Waals surface area contributed by atoms with Gasteiger partial charge in [0.25, 0.3) is 0 Å². The van der Waals surface area contributed by atoms with Gasteiger partial charge in [-0.15, -0.1) is 0 Å². The van der Waals surface area contributed by atoms with Crippen LogP contribution in [0.5, 0.6) is 0 Å². The quantitative estimate of drug-likeness (QED) is 0.915. The maximum atomic E-state index is 11.5. The van der Waals surface area contributed by atoms with Crippen molar-refractivity contribution in [1.29, 1.82) is 0 Å². The number of benzene rings is 1. The number of amides is 2. The van der Waals surface area contributed by atoms with Gasteiger partial charge in [0.1, 0.15) is 12.6 Å². The molecule has 1 atom stereocenters. The fourth-order valence-corrected chi connectivity index (χ4v) is 1.81. The number of hydrogen-bond acceptors (Lipinski definition) is 3. The van der Waals surface area contributed by atoms with Gasteiger partial charge in [-0.1, -0.05) is 30.7 Å². The van der Waals surface area contributed by atoms with Crippen molar-refractivity contribution in [2.24, 2.45) is 0 Å². The number of nitrogens with zero attached hydrogens (tertiary/aromatic N) is 1. The molecular weight excluding hydrogens is 256 g/mol. The summed E-state index contributed by atoms with van der Waals surface area (Å²) in [4.78, 5) is 22.9. The molecule has 0 saturated carbocycles. The van der Waals surface area contributed by atoms with E-state index >= 15 is 0 Å². The van der Waals surface area contributed by atoms with Gasteiger partial charge in [0.05, 0.1) is 0 Å². The molecule has 1 saturated heterocycles. The van der Waals surface area contributed by atoms with E-state index in [4.69, 9.17) is 16.3 Å². The molecule has 1 fully saturated rings. The summed E-state index contributed by atoms with van der Waals surface area (Å²) in [7, 11) is 0. The first-order valence-corrected chi connectivity index (χ1v) is 6.00.